The molecule has 2 unspecified atom stereocenters. The van der Waals surface area contributed by atoms with Gasteiger partial charge in [0.15, 0.2) is 0 Å². The van der Waals surface area contributed by atoms with Gasteiger partial charge in [-0.2, -0.15) is 0 Å². The second kappa shape index (κ2) is 8.74. The average molecular weight is 288 g/mol. The third-order valence-electron chi connectivity index (χ3n) is 3.00. The van der Waals surface area contributed by atoms with Crippen molar-refractivity contribution in [3.05, 3.63) is 54.6 Å². The van der Waals surface area contributed by atoms with E-state index in [4.69, 9.17) is 9.47 Å². The number of hydrogen-bond donors (Lipinski definition) is 0. The van der Waals surface area contributed by atoms with E-state index in [9.17, 15) is 9.59 Å². The molecule has 0 spiro atoms. The first-order valence-electron chi connectivity index (χ1n) is 6.71. The lowest BCUT2D eigenvalue weighted by Crippen LogP contribution is -2.30. The second-order valence-electron chi connectivity index (χ2n) is 4.54. The molecule has 2 atom stereocenters. The summed E-state index contributed by atoms with van der Waals surface area (Å²) in [5, 5.41) is 0. The summed E-state index contributed by atoms with van der Waals surface area (Å²) in [6, 6.07) is 9.41. The van der Waals surface area contributed by atoms with E-state index in [1.165, 1.54) is 13.2 Å². The first kappa shape index (κ1) is 16.7. The summed E-state index contributed by atoms with van der Waals surface area (Å²) >= 11 is 0. The van der Waals surface area contributed by atoms with Crippen molar-refractivity contribution in [1.82, 2.24) is 0 Å². The maximum Gasteiger partial charge on any atom is 0.331 e. The molecule has 1 aromatic rings. The number of esters is 2. The molecular weight excluding hydrogens is 268 g/mol. The topological polar surface area (TPSA) is 52.6 Å². The van der Waals surface area contributed by atoms with Gasteiger partial charge in [-0.05, 0) is 25.0 Å². The van der Waals surface area contributed by atoms with Crippen LogP contribution in [0.25, 0.3) is 6.08 Å². The summed E-state index contributed by atoms with van der Waals surface area (Å²) in [6.45, 7) is 5.26. The molecule has 0 radical (unpaired) electrons. The Morgan fingerprint density at radius 3 is 2.52 bits per heavy atom. The van der Waals surface area contributed by atoms with E-state index in [0.29, 0.717) is 6.42 Å². The minimum absolute atomic E-state index is 0.392. The van der Waals surface area contributed by atoms with Crippen molar-refractivity contribution in [2.24, 2.45) is 5.92 Å². The summed E-state index contributed by atoms with van der Waals surface area (Å²) in [4.78, 5) is 23.4. The Labute approximate surface area is 125 Å². The van der Waals surface area contributed by atoms with Crippen molar-refractivity contribution in [3.8, 4) is 0 Å². The van der Waals surface area contributed by atoms with Crippen molar-refractivity contribution >= 4 is 18.0 Å². The zero-order valence-electron chi connectivity index (χ0n) is 12.3. The van der Waals surface area contributed by atoms with Crippen LogP contribution in [0.2, 0.25) is 0 Å². The maximum absolute atomic E-state index is 11.8. The van der Waals surface area contributed by atoms with Gasteiger partial charge in [0.2, 0.25) is 0 Å². The molecule has 0 aliphatic carbocycles. The molecule has 1 aromatic carbocycles. The van der Waals surface area contributed by atoms with E-state index < -0.39 is 24.0 Å². The Morgan fingerprint density at radius 2 is 1.95 bits per heavy atom. The standard InChI is InChI=1S/C17H20O4/c1-4-8-15(17(19)20-3)13(2)21-16(18)12-11-14-9-6-5-7-10-14/h4-7,9-13,15H,1,8H2,2-3H3/b12-11+. The monoisotopic (exact) mass is 288 g/mol. The molecule has 0 heterocycles. The summed E-state index contributed by atoms with van der Waals surface area (Å²) in [6.07, 6.45) is 4.42. The van der Waals surface area contributed by atoms with Gasteiger partial charge in [0.1, 0.15) is 6.10 Å². The fraction of sp³-hybridized carbons (Fsp3) is 0.294. The predicted molar refractivity (Wildman–Crippen MR) is 81.4 cm³/mol. The molecule has 0 saturated heterocycles. The van der Waals surface area contributed by atoms with E-state index >= 15 is 0 Å². The van der Waals surface area contributed by atoms with Gasteiger partial charge >= 0.3 is 11.9 Å². The molecule has 21 heavy (non-hydrogen) atoms. The molecule has 0 fully saturated rings. The number of rotatable bonds is 7. The van der Waals surface area contributed by atoms with E-state index in [1.807, 2.05) is 30.3 Å². The molecule has 0 aliphatic heterocycles. The van der Waals surface area contributed by atoms with Crippen LogP contribution in [0.5, 0.6) is 0 Å². The van der Waals surface area contributed by atoms with Gasteiger partial charge in [-0.15, -0.1) is 6.58 Å². The quantitative estimate of drug-likeness (QED) is 0.440. The van der Waals surface area contributed by atoms with Gasteiger partial charge in [0, 0.05) is 6.08 Å². The molecule has 4 heteroatoms. The highest BCUT2D eigenvalue weighted by Crippen LogP contribution is 2.15. The van der Waals surface area contributed by atoms with Crippen molar-refractivity contribution < 1.29 is 19.1 Å². The van der Waals surface area contributed by atoms with Gasteiger partial charge in [-0.25, -0.2) is 4.79 Å². The molecule has 0 bridgehead atoms. The van der Waals surface area contributed by atoms with E-state index in [0.717, 1.165) is 5.56 Å². The van der Waals surface area contributed by atoms with Gasteiger partial charge in [0.05, 0.1) is 13.0 Å². The Kier molecular flexibility index (Phi) is 6.95. The Bertz CT molecular complexity index is 505. The fourth-order valence-corrected chi connectivity index (χ4v) is 1.84. The molecular formula is C17H20O4. The predicted octanol–water partition coefficient (Wildman–Crippen LogP) is 3.00. The molecule has 0 aliphatic rings. The Hall–Kier alpha value is -2.36. The molecule has 0 amide bonds. The molecule has 0 aromatic heterocycles. The van der Waals surface area contributed by atoms with Crippen LogP contribution in [-0.2, 0) is 19.1 Å². The Balaban J connectivity index is 2.61. The number of ether oxygens (including phenoxy) is 2. The highest BCUT2D eigenvalue weighted by molar-refractivity contribution is 5.87. The molecule has 1 rings (SSSR count). The van der Waals surface area contributed by atoms with E-state index in [2.05, 4.69) is 6.58 Å². The summed E-state index contributed by atoms with van der Waals surface area (Å²) < 4.78 is 9.94. The lowest BCUT2D eigenvalue weighted by Gasteiger charge is -2.20. The van der Waals surface area contributed by atoms with Crippen molar-refractivity contribution in [3.63, 3.8) is 0 Å². The third kappa shape index (κ3) is 5.65. The number of benzene rings is 1. The van der Waals surface area contributed by atoms with Crippen molar-refractivity contribution in [2.75, 3.05) is 7.11 Å². The van der Waals surface area contributed by atoms with Gasteiger partial charge in [-0.3, -0.25) is 4.79 Å². The first-order chi connectivity index (χ1) is 10.1. The number of methoxy groups -OCH3 is 1. The van der Waals surface area contributed by atoms with Crippen LogP contribution in [0.3, 0.4) is 0 Å². The zero-order chi connectivity index (χ0) is 15.7. The van der Waals surface area contributed by atoms with Crippen molar-refractivity contribution in [1.29, 1.82) is 0 Å². The molecule has 4 nitrogen and oxygen atoms in total. The van der Waals surface area contributed by atoms with Crippen molar-refractivity contribution in [2.45, 2.75) is 19.4 Å². The highest BCUT2D eigenvalue weighted by atomic mass is 16.6. The van der Waals surface area contributed by atoms with Crippen LogP contribution in [0.15, 0.2) is 49.1 Å². The van der Waals surface area contributed by atoms with Crippen LogP contribution in [-0.4, -0.2) is 25.2 Å². The summed E-state index contributed by atoms with van der Waals surface area (Å²) in [7, 11) is 1.31. The van der Waals surface area contributed by atoms with Crippen LogP contribution in [0.1, 0.15) is 18.9 Å². The normalized spacial score (nSPS) is 13.4. The largest absolute Gasteiger partial charge is 0.469 e. The van der Waals surface area contributed by atoms with Crippen LogP contribution < -0.4 is 0 Å². The lowest BCUT2D eigenvalue weighted by molar-refractivity contribution is -0.156. The van der Waals surface area contributed by atoms with Gasteiger partial charge in [0.25, 0.3) is 0 Å². The molecule has 0 N–H and O–H groups in total. The number of allylic oxidation sites excluding steroid dienone is 1. The number of carbonyl (C=O) groups is 2. The lowest BCUT2D eigenvalue weighted by atomic mass is 10.00. The smallest absolute Gasteiger partial charge is 0.331 e. The van der Waals surface area contributed by atoms with Gasteiger partial charge in [-0.1, -0.05) is 36.4 Å². The maximum atomic E-state index is 11.8. The Morgan fingerprint density at radius 1 is 1.29 bits per heavy atom. The second-order valence-corrected chi connectivity index (χ2v) is 4.54. The van der Waals surface area contributed by atoms with E-state index in [-0.39, 0.29) is 0 Å². The summed E-state index contributed by atoms with van der Waals surface area (Å²) in [5.74, 6) is -1.45. The van der Waals surface area contributed by atoms with E-state index in [1.54, 1.807) is 19.1 Å². The third-order valence-corrected chi connectivity index (χ3v) is 3.00. The number of hydrogen-bond acceptors (Lipinski definition) is 4. The van der Waals surface area contributed by atoms with Crippen LogP contribution in [0, 0.1) is 5.92 Å². The number of carbonyl (C=O) groups excluding carboxylic acids is 2. The molecule has 0 saturated carbocycles. The van der Waals surface area contributed by atoms with Crippen LogP contribution >= 0.6 is 0 Å². The molecule has 112 valence electrons. The first-order valence-corrected chi connectivity index (χ1v) is 6.71. The SMILES string of the molecule is C=CCC(C(=O)OC)C(C)OC(=O)/C=C/c1ccccc1. The minimum Gasteiger partial charge on any atom is -0.469 e. The zero-order valence-corrected chi connectivity index (χ0v) is 12.3. The minimum atomic E-state index is -0.580. The highest BCUT2D eigenvalue weighted by Gasteiger charge is 2.27. The van der Waals surface area contributed by atoms with Crippen LogP contribution in [0.4, 0.5) is 0 Å². The fourth-order valence-electron chi connectivity index (χ4n) is 1.84. The average Bonchev–Trinajstić information content (AvgIpc) is 2.50. The van der Waals surface area contributed by atoms with Gasteiger partial charge < -0.3 is 9.47 Å². The summed E-state index contributed by atoms with van der Waals surface area (Å²) in [5.41, 5.74) is 0.901.